The van der Waals surface area contributed by atoms with E-state index in [1.165, 1.54) is 32.1 Å². The summed E-state index contributed by atoms with van der Waals surface area (Å²) >= 11 is 0. The Bertz CT molecular complexity index is 428. The number of aliphatic imine (C=N–C) groups is 1. The first kappa shape index (κ1) is 17.2. The van der Waals surface area contributed by atoms with Gasteiger partial charge in [-0.25, -0.2) is 0 Å². The molecule has 0 spiro atoms. The fourth-order valence-corrected chi connectivity index (χ4v) is 2.51. The van der Waals surface area contributed by atoms with E-state index < -0.39 is 0 Å². The Morgan fingerprint density at radius 3 is 2.70 bits per heavy atom. The number of nitrogens with one attached hydrogen (secondary N) is 2. The number of hydrogen-bond acceptors (Lipinski definition) is 2. The molecule has 1 aromatic rings. The number of aryl methyl sites for hydroxylation is 1. The quantitative estimate of drug-likeness (QED) is 0.476. The Balaban J connectivity index is 0.00000200. The van der Waals surface area contributed by atoms with Crippen LogP contribution in [0.3, 0.4) is 0 Å². The molecule has 0 saturated heterocycles. The molecule has 1 saturated carbocycles. The summed E-state index contributed by atoms with van der Waals surface area (Å²) in [7, 11) is 1.82. The molecule has 0 aromatic carbocycles. The summed E-state index contributed by atoms with van der Waals surface area (Å²) in [6.07, 6.45) is 6.53. The predicted octanol–water partition coefficient (Wildman–Crippen LogP) is 3.01. The zero-order valence-electron chi connectivity index (χ0n) is 12.4. The highest BCUT2D eigenvalue weighted by molar-refractivity contribution is 14.0. The molecule has 0 aliphatic heterocycles. The molecule has 0 atom stereocenters. The van der Waals surface area contributed by atoms with E-state index in [1.807, 2.05) is 32.2 Å². The van der Waals surface area contributed by atoms with Crippen LogP contribution in [0, 0.1) is 6.92 Å². The van der Waals surface area contributed by atoms with E-state index in [4.69, 9.17) is 0 Å². The molecular formula is C15H25IN4. The first-order valence-corrected chi connectivity index (χ1v) is 7.17. The summed E-state index contributed by atoms with van der Waals surface area (Å²) in [5.41, 5.74) is 2.10. The van der Waals surface area contributed by atoms with Gasteiger partial charge in [-0.1, -0.05) is 25.3 Å². The number of guanidine groups is 1. The standard InChI is InChI=1S/C15H24N4.HI/c1-12-7-6-10-14(18-12)11-17-15(16-2)19-13-8-4-3-5-9-13;/h6-7,10,13H,3-5,8-9,11H2,1-2H3,(H2,16,17,19);1H. The molecule has 20 heavy (non-hydrogen) atoms. The third-order valence-electron chi connectivity index (χ3n) is 3.55. The summed E-state index contributed by atoms with van der Waals surface area (Å²) in [5, 5.41) is 6.84. The molecule has 5 heteroatoms. The molecule has 0 radical (unpaired) electrons. The van der Waals surface area contributed by atoms with Crippen molar-refractivity contribution < 1.29 is 0 Å². The van der Waals surface area contributed by atoms with Crippen LogP contribution in [-0.4, -0.2) is 24.0 Å². The summed E-state index contributed by atoms with van der Waals surface area (Å²) in [6, 6.07) is 6.66. The second-order valence-corrected chi connectivity index (χ2v) is 5.18. The van der Waals surface area contributed by atoms with Gasteiger partial charge in [0.05, 0.1) is 12.2 Å². The highest BCUT2D eigenvalue weighted by atomic mass is 127. The third kappa shape index (κ3) is 5.64. The van der Waals surface area contributed by atoms with Crippen LogP contribution in [0.15, 0.2) is 23.2 Å². The highest BCUT2D eigenvalue weighted by Gasteiger charge is 2.14. The number of halogens is 1. The predicted molar refractivity (Wildman–Crippen MR) is 94.6 cm³/mol. The smallest absolute Gasteiger partial charge is 0.191 e. The Labute approximate surface area is 138 Å². The van der Waals surface area contributed by atoms with Crippen molar-refractivity contribution in [2.45, 2.75) is 51.6 Å². The molecule has 1 fully saturated rings. The molecule has 0 amide bonds. The highest BCUT2D eigenvalue weighted by Crippen LogP contribution is 2.17. The van der Waals surface area contributed by atoms with Crippen LogP contribution in [0.5, 0.6) is 0 Å². The molecule has 1 aliphatic rings. The first-order chi connectivity index (χ1) is 9.28. The zero-order valence-corrected chi connectivity index (χ0v) is 14.7. The van der Waals surface area contributed by atoms with Crippen molar-refractivity contribution in [1.29, 1.82) is 0 Å². The maximum Gasteiger partial charge on any atom is 0.191 e. The minimum absolute atomic E-state index is 0. The summed E-state index contributed by atoms with van der Waals surface area (Å²) in [6.45, 7) is 2.73. The Morgan fingerprint density at radius 1 is 1.30 bits per heavy atom. The van der Waals surface area contributed by atoms with Gasteiger partial charge in [-0.2, -0.15) is 0 Å². The molecule has 0 bridgehead atoms. The first-order valence-electron chi connectivity index (χ1n) is 7.17. The molecule has 112 valence electrons. The van der Waals surface area contributed by atoms with Gasteiger partial charge in [-0.05, 0) is 31.9 Å². The van der Waals surface area contributed by atoms with Crippen LogP contribution < -0.4 is 10.6 Å². The van der Waals surface area contributed by atoms with Crippen molar-refractivity contribution in [3.63, 3.8) is 0 Å². The molecule has 2 rings (SSSR count). The normalized spacial score (nSPS) is 16.4. The van der Waals surface area contributed by atoms with Gasteiger partial charge in [0.25, 0.3) is 0 Å². The summed E-state index contributed by atoms with van der Waals surface area (Å²) in [4.78, 5) is 8.77. The van der Waals surface area contributed by atoms with Crippen molar-refractivity contribution in [1.82, 2.24) is 15.6 Å². The number of hydrogen-bond donors (Lipinski definition) is 2. The maximum atomic E-state index is 4.48. The van der Waals surface area contributed by atoms with Crippen molar-refractivity contribution in [3.05, 3.63) is 29.6 Å². The fourth-order valence-electron chi connectivity index (χ4n) is 2.51. The average molecular weight is 388 g/mol. The van der Waals surface area contributed by atoms with Gasteiger partial charge in [-0.15, -0.1) is 24.0 Å². The molecular weight excluding hydrogens is 363 g/mol. The van der Waals surface area contributed by atoms with Gasteiger partial charge in [-0.3, -0.25) is 9.98 Å². The van der Waals surface area contributed by atoms with E-state index in [1.54, 1.807) is 0 Å². The Hall–Kier alpha value is -0.850. The van der Waals surface area contributed by atoms with E-state index >= 15 is 0 Å². The lowest BCUT2D eigenvalue weighted by Gasteiger charge is -2.24. The minimum atomic E-state index is 0. The number of rotatable bonds is 3. The van der Waals surface area contributed by atoms with E-state index in [2.05, 4.69) is 20.6 Å². The van der Waals surface area contributed by atoms with E-state index in [0.29, 0.717) is 12.6 Å². The maximum absolute atomic E-state index is 4.48. The van der Waals surface area contributed by atoms with Gasteiger partial charge in [0, 0.05) is 18.8 Å². The molecule has 1 aromatic heterocycles. The number of aromatic nitrogens is 1. The summed E-state index contributed by atoms with van der Waals surface area (Å²) in [5.74, 6) is 0.884. The van der Waals surface area contributed by atoms with Crippen LogP contribution >= 0.6 is 24.0 Å². The molecule has 1 aliphatic carbocycles. The Morgan fingerprint density at radius 2 is 2.05 bits per heavy atom. The third-order valence-corrected chi connectivity index (χ3v) is 3.55. The lowest BCUT2D eigenvalue weighted by atomic mass is 9.96. The van der Waals surface area contributed by atoms with Gasteiger partial charge < -0.3 is 10.6 Å². The van der Waals surface area contributed by atoms with Crippen molar-refractivity contribution >= 4 is 29.9 Å². The van der Waals surface area contributed by atoms with Gasteiger partial charge in [0.1, 0.15) is 0 Å². The van der Waals surface area contributed by atoms with Crippen molar-refractivity contribution in [3.8, 4) is 0 Å². The van der Waals surface area contributed by atoms with E-state index in [-0.39, 0.29) is 24.0 Å². The van der Waals surface area contributed by atoms with Crippen LogP contribution in [-0.2, 0) is 6.54 Å². The van der Waals surface area contributed by atoms with E-state index in [0.717, 1.165) is 17.3 Å². The molecule has 2 N–H and O–H groups in total. The lowest BCUT2D eigenvalue weighted by Crippen LogP contribution is -2.43. The number of nitrogens with zero attached hydrogens (tertiary/aromatic N) is 2. The Kier molecular flexibility index (Phi) is 7.87. The van der Waals surface area contributed by atoms with Gasteiger partial charge in [0.2, 0.25) is 0 Å². The summed E-state index contributed by atoms with van der Waals surface area (Å²) < 4.78 is 0. The second kappa shape index (κ2) is 9.15. The van der Waals surface area contributed by atoms with Crippen LogP contribution in [0.4, 0.5) is 0 Å². The fraction of sp³-hybridized carbons (Fsp3) is 0.600. The number of pyridine rings is 1. The zero-order chi connectivity index (χ0) is 13.5. The monoisotopic (exact) mass is 388 g/mol. The second-order valence-electron chi connectivity index (χ2n) is 5.18. The SMILES string of the molecule is CN=C(NCc1cccc(C)n1)NC1CCCCC1.I. The largest absolute Gasteiger partial charge is 0.354 e. The van der Waals surface area contributed by atoms with Crippen molar-refractivity contribution in [2.24, 2.45) is 4.99 Å². The lowest BCUT2D eigenvalue weighted by molar-refractivity contribution is 0.410. The molecule has 0 unspecified atom stereocenters. The van der Waals surface area contributed by atoms with Gasteiger partial charge >= 0.3 is 0 Å². The molecule has 4 nitrogen and oxygen atoms in total. The van der Waals surface area contributed by atoms with Crippen LogP contribution in [0.2, 0.25) is 0 Å². The average Bonchev–Trinajstić information content (AvgIpc) is 2.44. The van der Waals surface area contributed by atoms with E-state index in [9.17, 15) is 0 Å². The van der Waals surface area contributed by atoms with Crippen LogP contribution in [0.1, 0.15) is 43.5 Å². The van der Waals surface area contributed by atoms with Crippen LogP contribution in [0.25, 0.3) is 0 Å². The van der Waals surface area contributed by atoms with Crippen molar-refractivity contribution in [2.75, 3.05) is 7.05 Å². The minimum Gasteiger partial charge on any atom is -0.354 e. The topological polar surface area (TPSA) is 49.3 Å². The molecule has 1 heterocycles. The van der Waals surface area contributed by atoms with Gasteiger partial charge in [0.15, 0.2) is 5.96 Å².